The van der Waals surface area contributed by atoms with E-state index in [1.54, 1.807) is 12.1 Å². The summed E-state index contributed by atoms with van der Waals surface area (Å²) in [5.41, 5.74) is 3.90. The Bertz CT molecular complexity index is 809. The number of aromatic nitrogens is 2. The minimum absolute atomic E-state index is 0.174. The molecule has 5 heteroatoms. The topological polar surface area (TPSA) is 54.9 Å². The second-order valence-electron chi connectivity index (χ2n) is 5.05. The van der Waals surface area contributed by atoms with Crippen LogP contribution in [-0.2, 0) is 0 Å². The lowest BCUT2D eigenvalue weighted by Crippen LogP contribution is -2.11. The molecule has 1 N–H and O–H groups in total. The smallest absolute Gasteiger partial charge is 0.257 e. The molecule has 110 valence electrons. The molecule has 0 radical (unpaired) electrons. The Labute approximate surface area is 132 Å². The second kappa shape index (κ2) is 6.07. The van der Waals surface area contributed by atoms with Gasteiger partial charge in [0.2, 0.25) is 5.13 Å². The van der Waals surface area contributed by atoms with Gasteiger partial charge in [-0.1, -0.05) is 53.3 Å². The Morgan fingerprint density at radius 1 is 1.00 bits per heavy atom. The number of carbonyl (C=O) groups is 1. The summed E-state index contributed by atoms with van der Waals surface area (Å²) < 4.78 is 0. The summed E-state index contributed by atoms with van der Waals surface area (Å²) in [5.74, 6) is -0.174. The van der Waals surface area contributed by atoms with E-state index in [1.807, 2.05) is 50.2 Å². The van der Waals surface area contributed by atoms with Crippen LogP contribution in [-0.4, -0.2) is 16.1 Å². The molecule has 0 atom stereocenters. The molecule has 0 aliphatic heterocycles. The minimum atomic E-state index is -0.174. The van der Waals surface area contributed by atoms with Crippen LogP contribution >= 0.6 is 11.3 Å². The molecule has 0 unspecified atom stereocenters. The summed E-state index contributed by atoms with van der Waals surface area (Å²) >= 11 is 1.37. The predicted octanol–water partition coefficient (Wildman–Crippen LogP) is 4.07. The lowest BCUT2D eigenvalue weighted by atomic mass is 10.1. The molecule has 3 aromatic rings. The summed E-state index contributed by atoms with van der Waals surface area (Å²) in [5, 5.41) is 12.3. The number of hydrogen-bond acceptors (Lipinski definition) is 4. The van der Waals surface area contributed by atoms with Gasteiger partial charge in [0, 0.05) is 11.1 Å². The quantitative estimate of drug-likeness (QED) is 0.793. The van der Waals surface area contributed by atoms with Crippen molar-refractivity contribution in [1.82, 2.24) is 10.2 Å². The zero-order valence-corrected chi connectivity index (χ0v) is 13.1. The first kappa shape index (κ1) is 14.4. The van der Waals surface area contributed by atoms with Crippen LogP contribution in [0.25, 0.3) is 10.6 Å². The molecular weight excluding hydrogens is 294 g/mol. The number of benzene rings is 2. The molecule has 0 saturated carbocycles. The summed E-state index contributed by atoms with van der Waals surface area (Å²) in [6.07, 6.45) is 0. The highest BCUT2D eigenvalue weighted by Crippen LogP contribution is 2.28. The molecule has 4 nitrogen and oxygen atoms in total. The summed E-state index contributed by atoms with van der Waals surface area (Å²) in [7, 11) is 0. The number of nitrogens with one attached hydrogen (secondary N) is 1. The van der Waals surface area contributed by atoms with Gasteiger partial charge in [0.15, 0.2) is 0 Å². The summed E-state index contributed by atoms with van der Waals surface area (Å²) in [4.78, 5) is 12.2. The lowest BCUT2D eigenvalue weighted by Gasteiger charge is -2.01. The number of anilines is 1. The van der Waals surface area contributed by atoms with Crippen LogP contribution in [0, 0.1) is 13.8 Å². The fraction of sp³-hybridized carbons (Fsp3) is 0.118. The van der Waals surface area contributed by atoms with E-state index in [9.17, 15) is 4.79 Å². The van der Waals surface area contributed by atoms with E-state index in [4.69, 9.17) is 0 Å². The van der Waals surface area contributed by atoms with Gasteiger partial charge < -0.3 is 0 Å². The number of rotatable bonds is 3. The molecule has 22 heavy (non-hydrogen) atoms. The maximum absolute atomic E-state index is 12.2. The normalized spacial score (nSPS) is 10.5. The van der Waals surface area contributed by atoms with Crippen LogP contribution in [0.3, 0.4) is 0 Å². The van der Waals surface area contributed by atoms with Crippen molar-refractivity contribution in [1.29, 1.82) is 0 Å². The Morgan fingerprint density at radius 2 is 1.73 bits per heavy atom. The van der Waals surface area contributed by atoms with Crippen molar-refractivity contribution in [3.8, 4) is 10.6 Å². The number of nitrogens with zero attached hydrogens (tertiary/aromatic N) is 2. The van der Waals surface area contributed by atoms with Gasteiger partial charge in [0.1, 0.15) is 5.01 Å². The van der Waals surface area contributed by atoms with E-state index >= 15 is 0 Å². The van der Waals surface area contributed by atoms with Crippen LogP contribution in [0.5, 0.6) is 0 Å². The van der Waals surface area contributed by atoms with Gasteiger partial charge in [-0.3, -0.25) is 10.1 Å². The maximum atomic E-state index is 12.2. The largest absolute Gasteiger partial charge is 0.296 e. The maximum Gasteiger partial charge on any atom is 0.257 e. The first-order valence-electron chi connectivity index (χ1n) is 6.91. The minimum Gasteiger partial charge on any atom is -0.296 e. The van der Waals surface area contributed by atoms with Crippen LogP contribution in [0.2, 0.25) is 0 Å². The third-order valence-corrected chi connectivity index (χ3v) is 4.21. The number of hydrogen-bond donors (Lipinski definition) is 1. The van der Waals surface area contributed by atoms with Crippen LogP contribution in [0.15, 0.2) is 48.5 Å². The third-order valence-electron chi connectivity index (χ3n) is 3.33. The van der Waals surface area contributed by atoms with Gasteiger partial charge in [0.25, 0.3) is 5.91 Å². The van der Waals surface area contributed by atoms with Gasteiger partial charge >= 0.3 is 0 Å². The first-order valence-corrected chi connectivity index (χ1v) is 7.72. The van der Waals surface area contributed by atoms with E-state index in [2.05, 4.69) is 15.5 Å². The van der Waals surface area contributed by atoms with Crippen molar-refractivity contribution in [2.45, 2.75) is 13.8 Å². The highest BCUT2D eigenvalue weighted by Gasteiger charge is 2.12. The molecule has 0 saturated heterocycles. The third kappa shape index (κ3) is 3.04. The molecule has 0 aliphatic carbocycles. The average Bonchev–Trinajstić information content (AvgIpc) is 2.96. The second-order valence-corrected chi connectivity index (χ2v) is 6.02. The molecule has 0 bridgehead atoms. The van der Waals surface area contributed by atoms with Crippen LogP contribution in [0.1, 0.15) is 21.5 Å². The average molecular weight is 309 g/mol. The molecule has 1 heterocycles. The standard InChI is InChI=1S/C17H15N3OS/c1-11-7-9-13(10-8-11)15(21)18-17-20-19-16(22-17)14-6-4-3-5-12(14)2/h3-10H,1-2H3,(H,18,20,21). The van der Waals surface area contributed by atoms with Crippen LogP contribution < -0.4 is 5.32 Å². The van der Waals surface area contributed by atoms with Crippen molar-refractivity contribution < 1.29 is 4.79 Å². The van der Waals surface area contributed by atoms with E-state index in [0.717, 1.165) is 21.7 Å². The van der Waals surface area contributed by atoms with Gasteiger partial charge in [-0.2, -0.15) is 0 Å². The predicted molar refractivity (Wildman–Crippen MR) is 89.2 cm³/mol. The molecule has 3 rings (SSSR count). The first-order chi connectivity index (χ1) is 10.6. The molecule has 2 aromatic carbocycles. The highest BCUT2D eigenvalue weighted by atomic mass is 32.1. The van der Waals surface area contributed by atoms with E-state index in [1.165, 1.54) is 11.3 Å². The molecule has 0 fully saturated rings. The SMILES string of the molecule is Cc1ccc(C(=O)Nc2nnc(-c3ccccc3C)s2)cc1. The monoisotopic (exact) mass is 309 g/mol. The number of aryl methyl sites for hydroxylation is 2. The van der Waals surface area contributed by atoms with Gasteiger partial charge in [-0.25, -0.2) is 0 Å². The summed E-state index contributed by atoms with van der Waals surface area (Å²) in [6, 6.07) is 15.4. The van der Waals surface area contributed by atoms with Crippen LogP contribution in [0.4, 0.5) is 5.13 Å². The van der Waals surface area contributed by atoms with Gasteiger partial charge in [-0.05, 0) is 31.5 Å². The van der Waals surface area contributed by atoms with E-state index < -0.39 is 0 Å². The molecule has 0 aliphatic rings. The molecule has 1 amide bonds. The van der Waals surface area contributed by atoms with Crippen molar-refractivity contribution >= 4 is 22.4 Å². The highest BCUT2D eigenvalue weighted by molar-refractivity contribution is 7.18. The number of amides is 1. The zero-order valence-electron chi connectivity index (χ0n) is 12.3. The van der Waals surface area contributed by atoms with E-state index in [0.29, 0.717) is 10.7 Å². The van der Waals surface area contributed by atoms with Gasteiger partial charge in [-0.15, -0.1) is 10.2 Å². The Hall–Kier alpha value is -2.53. The van der Waals surface area contributed by atoms with Crippen molar-refractivity contribution in [2.75, 3.05) is 5.32 Å². The Balaban J connectivity index is 1.78. The van der Waals surface area contributed by atoms with E-state index in [-0.39, 0.29) is 5.91 Å². The summed E-state index contributed by atoms with van der Waals surface area (Å²) in [6.45, 7) is 4.02. The number of carbonyl (C=O) groups excluding carboxylic acids is 1. The fourth-order valence-corrected chi connectivity index (χ4v) is 2.90. The van der Waals surface area contributed by atoms with Crippen molar-refractivity contribution in [2.24, 2.45) is 0 Å². The Kier molecular flexibility index (Phi) is 3.98. The van der Waals surface area contributed by atoms with Crippen molar-refractivity contribution in [3.63, 3.8) is 0 Å². The molecule has 1 aromatic heterocycles. The van der Waals surface area contributed by atoms with Gasteiger partial charge in [0.05, 0.1) is 0 Å². The molecule has 0 spiro atoms. The lowest BCUT2D eigenvalue weighted by molar-refractivity contribution is 0.102. The fourth-order valence-electron chi connectivity index (χ4n) is 2.07. The van der Waals surface area contributed by atoms with Crippen molar-refractivity contribution in [3.05, 3.63) is 65.2 Å². The zero-order chi connectivity index (χ0) is 15.5. The molecular formula is C17H15N3OS. The Morgan fingerprint density at radius 3 is 2.45 bits per heavy atom.